The van der Waals surface area contributed by atoms with Crippen LogP contribution in [-0.2, 0) is 10.0 Å². The zero-order valence-corrected chi connectivity index (χ0v) is 17.4. The lowest BCUT2D eigenvalue weighted by molar-refractivity contribution is -0.896. The van der Waals surface area contributed by atoms with Crippen LogP contribution in [0.3, 0.4) is 0 Å². The van der Waals surface area contributed by atoms with Gasteiger partial charge in [0, 0.05) is 31.1 Å². The number of carbonyl (C=O) groups excluding carboxylic acids is 1. The second-order valence-corrected chi connectivity index (χ2v) is 8.06. The molecule has 0 aromatic heterocycles. The largest absolute Gasteiger partial charge is 0.497 e. The van der Waals surface area contributed by atoms with Crippen molar-refractivity contribution in [3.05, 3.63) is 23.8 Å². The van der Waals surface area contributed by atoms with Gasteiger partial charge in [-0.1, -0.05) is 0 Å². The second kappa shape index (κ2) is 11.8. The van der Waals surface area contributed by atoms with Crippen molar-refractivity contribution in [2.75, 3.05) is 52.7 Å². The van der Waals surface area contributed by atoms with Gasteiger partial charge in [0.1, 0.15) is 11.5 Å². The maximum atomic E-state index is 12.2. The molecule has 154 valence electrons. The highest BCUT2D eigenvalue weighted by Gasteiger charge is 2.13. The van der Waals surface area contributed by atoms with Gasteiger partial charge in [-0.2, -0.15) is 0 Å². The van der Waals surface area contributed by atoms with E-state index in [1.807, 2.05) is 0 Å². The van der Waals surface area contributed by atoms with Gasteiger partial charge in [-0.05, 0) is 26.0 Å². The molecule has 0 atom stereocenters. The summed E-state index contributed by atoms with van der Waals surface area (Å²) in [7, 11) is -0.427. The summed E-state index contributed by atoms with van der Waals surface area (Å²) in [5, 5.41) is 2.61. The maximum Gasteiger partial charge on any atom is 0.251 e. The lowest BCUT2D eigenvalue weighted by Gasteiger charge is -2.15. The van der Waals surface area contributed by atoms with E-state index in [-0.39, 0.29) is 18.2 Å². The van der Waals surface area contributed by atoms with E-state index in [2.05, 4.69) is 23.9 Å². The number of quaternary nitrogens is 1. The van der Waals surface area contributed by atoms with Crippen molar-refractivity contribution in [3.63, 3.8) is 0 Å². The average molecular weight is 403 g/mol. The molecule has 0 saturated carbocycles. The molecular formula is C18H32N3O5S+. The molecule has 0 aliphatic rings. The standard InChI is InChI=1S/C18H31N3O5S/c1-5-21(6-2)10-7-8-20-27(23,24)11-9-19-18(22)15-12-16(25-3)14-17(13-15)26-4/h12-14,20H,5-11H2,1-4H3,(H,19,22)/p+1. The molecule has 3 N–H and O–H groups in total. The number of hydrogen-bond acceptors (Lipinski definition) is 5. The van der Waals surface area contributed by atoms with Crippen LogP contribution in [-0.4, -0.2) is 67.0 Å². The minimum atomic E-state index is -3.42. The van der Waals surface area contributed by atoms with Crippen LogP contribution in [0.2, 0.25) is 0 Å². The molecular weight excluding hydrogens is 370 g/mol. The van der Waals surface area contributed by atoms with E-state index < -0.39 is 10.0 Å². The van der Waals surface area contributed by atoms with Crippen molar-refractivity contribution in [1.29, 1.82) is 0 Å². The van der Waals surface area contributed by atoms with Gasteiger partial charge in [-0.15, -0.1) is 0 Å². The first-order chi connectivity index (χ1) is 12.8. The first kappa shape index (κ1) is 23.2. The zero-order valence-electron chi connectivity index (χ0n) is 16.6. The minimum absolute atomic E-state index is 0.0228. The van der Waals surface area contributed by atoms with Crippen molar-refractivity contribution >= 4 is 15.9 Å². The third-order valence-electron chi connectivity index (χ3n) is 4.30. The number of hydrogen-bond donors (Lipinski definition) is 3. The smallest absolute Gasteiger partial charge is 0.251 e. The Labute approximate surface area is 162 Å². The summed E-state index contributed by atoms with van der Waals surface area (Å²) in [4.78, 5) is 13.7. The molecule has 27 heavy (non-hydrogen) atoms. The van der Waals surface area contributed by atoms with E-state index >= 15 is 0 Å². The quantitative estimate of drug-likeness (QED) is 0.393. The minimum Gasteiger partial charge on any atom is -0.497 e. The molecule has 0 saturated heterocycles. The molecule has 0 heterocycles. The molecule has 9 heteroatoms. The second-order valence-electron chi connectivity index (χ2n) is 6.13. The highest BCUT2D eigenvalue weighted by molar-refractivity contribution is 7.89. The number of amides is 1. The fraction of sp³-hybridized carbons (Fsp3) is 0.611. The first-order valence-electron chi connectivity index (χ1n) is 9.17. The first-order valence-corrected chi connectivity index (χ1v) is 10.8. The lowest BCUT2D eigenvalue weighted by Crippen LogP contribution is -3.11. The number of ether oxygens (including phenoxy) is 2. The predicted molar refractivity (Wildman–Crippen MR) is 105 cm³/mol. The van der Waals surface area contributed by atoms with Crippen molar-refractivity contribution in [1.82, 2.24) is 10.0 Å². The fourth-order valence-electron chi connectivity index (χ4n) is 2.58. The summed E-state index contributed by atoms with van der Waals surface area (Å²) in [5.41, 5.74) is 0.346. The highest BCUT2D eigenvalue weighted by Crippen LogP contribution is 2.22. The monoisotopic (exact) mass is 402 g/mol. The van der Waals surface area contributed by atoms with Crippen molar-refractivity contribution in [3.8, 4) is 11.5 Å². The van der Waals surface area contributed by atoms with Crippen LogP contribution < -0.4 is 24.4 Å². The van der Waals surface area contributed by atoms with Crippen LogP contribution in [0.1, 0.15) is 30.6 Å². The van der Waals surface area contributed by atoms with E-state index in [0.717, 1.165) is 26.1 Å². The van der Waals surface area contributed by atoms with Crippen LogP contribution in [0.5, 0.6) is 11.5 Å². The molecule has 0 radical (unpaired) electrons. The van der Waals surface area contributed by atoms with Gasteiger partial charge >= 0.3 is 0 Å². The van der Waals surface area contributed by atoms with Gasteiger partial charge in [0.15, 0.2) is 0 Å². The Kier molecular flexibility index (Phi) is 10.1. The number of methoxy groups -OCH3 is 2. The van der Waals surface area contributed by atoms with E-state index in [0.29, 0.717) is 23.6 Å². The van der Waals surface area contributed by atoms with Gasteiger partial charge in [0.05, 0.1) is 39.6 Å². The SMILES string of the molecule is CC[NH+](CC)CCCNS(=O)(=O)CCNC(=O)c1cc(OC)cc(OC)c1. The van der Waals surface area contributed by atoms with Gasteiger partial charge in [-0.25, -0.2) is 13.1 Å². The summed E-state index contributed by atoms with van der Waals surface area (Å²) in [6.45, 7) is 7.66. The average Bonchev–Trinajstić information content (AvgIpc) is 2.67. The number of benzene rings is 1. The van der Waals surface area contributed by atoms with E-state index in [1.54, 1.807) is 18.2 Å². The molecule has 0 bridgehead atoms. The van der Waals surface area contributed by atoms with Gasteiger partial charge in [0.25, 0.3) is 5.91 Å². The van der Waals surface area contributed by atoms with Gasteiger partial charge in [0.2, 0.25) is 10.0 Å². The van der Waals surface area contributed by atoms with Crippen molar-refractivity contribution in [2.24, 2.45) is 0 Å². The fourth-order valence-corrected chi connectivity index (χ4v) is 3.55. The number of carbonyl (C=O) groups is 1. The Hall–Kier alpha value is -1.84. The summed E-state index contributed by atoms with van der Waals surface area (Å²) in [5.74, 6) is 0.429. The molecule has 0 fully saturated rings. The number of sulfonamides is 1. The van der Waals surface area contributed by atoms with Crippen molar-refractivity contribution in [2.45, 2.75) is 20.3 Å². The number of rotatable bonds is 13. The molecule has 0 aliphatic heterocycles. The summed E-state index contributed by atoms with van der Waals surface area (Å²) in [6.07, 6.45) is 0.784. The molecule has 8 nitrogen and oxygen atoms in total. The Bertz CT molecular complexity index is 668. The lowest BCUT2D eigenvalue weighted by atomic mass is 10.2. The Morgan fingerprint density at radius 1 is 1.04 bits per heavy atom. The van der Waals surface area contributed by atoms with E-state index in [4.69, 9.17) is 9.47 Å². The summed E-state index contributed by atoms with van der Waals surface area (Å²) >= 11 is 0. The predicted octanol–water partition coefficient (Wildman–Crippen LogP) is -0.332. The zero-order chi connectivity index (χ0) is 20.3. The van der Waals surface area contributed by atoms with Gasteiger partial charge < -0.3 is 19.7 Å². The third-order valence-corrected chi connectivity index (χ3v) is 5.68. The maximum absolute atomic E-state index is 12.2. The Morgan fingerprint density at radius 3 is 2.15 bits per heavy atom. The molecule has 1 rings (SSSR count). The van der Waals surface area contributed by atoms with E-state index in [9.17, 15) is 13.2 Å². The van der Waals surface area contributed by atoms with Crippen LogP contribution in [0.15, 0.2) is 18.2 Å². The molecule has 0 aliphatic carbocycles. The van der Waals surface area contributed by atoms with Crippen LogP contribution >= 0.6 is 0 Å². The van der Waals surface area contributed by atoms with Crippen LogP contribution in [0.4, 0.5) is 0 Å². The molecule has 0 unspecified atom stereocenters. The summed E-state index contributed by atoms with van der Waals surface area (Å²) < 4.78 is 36.9. The van der Waals surface area contributed by atoms with Crippen molar-refractivity contribution < 1.29 is 27.6 Å². The highest BCUT2D eigenvalue weighted by atomic mass is 32.2. The molecule has 1 aromatic carbocycles. The summed E-state index contributed by atoms with van der Waals surface area (Å²) in [6, 6.07) is 4.80. The topological polar surface area (TPSA) is 98.2 Å². The van der Waals surface area contributed by atoms with Crippen LogP contribution in [0, 0.1) is 0 Å². The van der Waals surface area contributed by atoms with Crippen LogP contribution in [0.25, 0.3) is 0 Å². The number of nitrogens with one attached hydrogen (secondary N) is 3. The Balaban J connectivity index is 2.44. The third kappa shape index (κ3) is 8.59. The van der Waals surface area contributed by atoms with E-state index in [1.165, 1.54) is 19.1 Å². The molecule has 1 amide bonds. The van der Waals surface area contributed by atoms with Gasteiger partial charge in [-0.3, -0.25) is 4.79 Å². The molecule has 0 spiro atoms. The molecule has 1 aromatic rings. The normalized spacial score (nSPS) is 11.4. The Morgan fingerprint density at radius 2 is 1.63 bits per heavy atom.